The van der Waals surface area contributed by atoms with Gasteiger partial charge in [0, 0.05) is 40.8 Å². The van der Waals surface area contributed by atoms with Gasteiger partial charge in [0.1, 0.15) is 11.9 Å². The van der Waals surface area contributed by atoms with Gasteiger partial charge in [-0.1, -0.05) is 44.2 Å². The Morgan fingerprint density at radius 2 is 1.63 bits per heavy atom. The van der Waals surface area contributed by atoms with Crippen molar-refractivity contribution in [2.24, 2.45) is 11.0 Å². The molecule has 1 aromatic heterocycles. The second-order valence-corrected chi connectivity index (χ2v) is 10.4. The normalized spacial score (nSPS) is 12.0. The maximum absolute atomic E-state index is 13.4. The summed E-state index contributed by atoms with van der Waals surface area (Å²) in [6.07, 6.45) is 1.72. The van der Waals surface area contributed by atoms with Crippen LogP contribution in [-0.2, 0) is 11.3 Å². The average Bonchev–Trinajstić information content (AvgIpc) is 3.23. The molecule has 0 saturated heterocycles. The molecule has 0 radical (unpaired) electrons. The third-order valence-electron chi connectivity index (χ3n) is 6.82. The van der Waals surface area contributed by atoms with E-state index in [2.05, 4.69) is 20.4 Å². The number of halogens is 1. The molecule has 222 valence electrons. The van der Waals surface area contributed by atoms with E-state index in [4.69, 9.17) is 0 Å². The summed E-state index contributed by atoms with van der Waals surface area (Å²) < 4.78 is 15.5. The fraction of sp³-hybridized carbons (Fsp3) is 0.233. The Labute approximate surface area is 245 Å². The molecule has 0 saturated carbocycles. The van der Waals surface area contributed by atoms with Crippen molar-refractivity contribution in [3.05, 3.63) is 115 Å². The van der Waals surface area contributed by atoms with Crippen molar-refractivity contribution >= 4 is 40.3 Å². The van der Waals surface area contributed by atoms with Crippen molar-refractivity contribution in [3.8, 4) is 0 Å². The zero-order chi connectivity index (χ0) is 31.3. The first-order chi connectivity index (χ1) is 20.4. The van der Waals surface area contributed by atoms with Crippen molar-refractivity contribution in [1.82, 2.24) is 15.3 Å². The number of para-hydroxylation sites is 1. The minimum atomic E-state index is -1.08. The number of hydrogen-bond acceptors (Lipinski definition) is 7. The summed E-state index contributed by atoms with van der Waals surface area (Å²) in [5.41, 5.74) is 4.34. The van der Waals surface area contributed by atoms with E-state index in [1.54, 1.807) is 12.1 Å². The summed E-state index contributed by atoms with van der Waals surface area (Å²) in [5.74, 6) is -1.87. The van der Waals surface area contributed by atoms with Gasteiger partial charge in [0.2, 0.25) is 0 Å². The van der Waals surface area contributed by atoms with E-state index < -0.39 is 39.1 Å². The highest BCUT2D eigenvalue weighted by molar-refractivity contribution is 6.02. The number of non-ortho nitro benzene ring substituents is 2. The number of hydrazone groups is 1. The lowest BCUT2D eigenvalue weighted by Crippen LogP contribution is -2.46. The number of carbonyl (C=O) groups is 2. The highest BCUT2D eigenvalue weighted by Crippen LogP contribution is 2.26. The molecule has 0 spiro atoms. The third-order valence-corrected chi connectivity index (χ3v) is 6.82. The highest BCUT2D eigenvalue weighted by atomic mass is 19.1. The fourth-order valence-corrected chi connectivity index (χ4v) is 4.72. The van der Waals surface area contributed by atoms with E-state index in [0.717, 1.165) is 45.9 Å². The molecule has 43 heavy (non-hydrogen) atoms. The summed E-state index contributed by atoms with van der Waals surface area (Å²) in [6.45, 7) is 6.08. The molecule has 1 atom stereocenters. The first-order valence-corrected chi connectivity index (χ1v) is 13.3. The standard InChI is InChI=1S/C30H29FN6O6/c1-18(2)12-27(33-29(38)21-13-23(36(40)41)15-24(14-21)37(42)43)30(39)34-32-16-26-19(3)35(28-7-5-4-6-25(26)28)17-20-8-10-22(31)11-9-20/h4-11,13-16,18,27H,12,17H2,1-3H3,(H,33,38)(H,34,39)/b32-16-/t27-/m1/s1. The minimum absolute atomic E-state index is 0.0360. The number of rotatable bonds is 11. The molecule has 13 heteroatoms. The van der Waals surface area contributed by atoms with Gasteiger partial charge < -0.3 is 9.88 Å². The Morgan fingerprint density at radius 1 is 1.00 bits per heavy atom. The van der Waals surface area contributed by atoms with Gasteiger partial charge in [-0.2, -0.15) is 5.10 Å². The Balaban J connectivity index is 1.55. The number of nitro groups is 2. The van der Waals surface area contributed by atoms with Crippen LogP contribution in [0, 0.1) is 38.9 Å². The number of nitrogens with one attached hydrogen (secondary N) is 2. The van der Waals surface area contributed by atoms with Crippen molar-refractivity contribution in [1.29, 1.82) is 0 Å². The quantitative estimate of drug-likeness (QED) is 0.138. The number of aromatic nitrogens is 1. The van der Waals surface area contributed by atoms with E-state index in [0.29, 0.717) is 6.54 Å². The molecule has 0 aliphatic carbocycles. The molecule has 0 aliphatic rings. The molecule has 3 aromatic carbocycles. The van der Waals surface area contributed by atoms with Gasteiger partial charge >= 0.3 is 0 Å². The van der Waals surface area contributed by atoms with Crippen LogP contribution >= 0.6 is 0 Å². The van der Waals surface area contributed by atoms with Crippen molar-refractivity contribution in [2.45, 2.75) is 39.8 Å². The third kappa shape index (κ3) is 7.25. The van der Waals surface area contributed by atoms with Gasteiger partial charge in [0.05, 0.1) is 27.7 Å². The van der Waals surface area contributed by atoms with Crippen LogP contribution in [0.2, 0.25) is 0 Å². The molecule has 0 aliphatic heterocycles. The van der Waals surface area contributed by atoms with Crippen molar-refractivity contribution < 1.29 is 23.8 Å². The van der Waals surface area contributed by atoms with Crippen molar-refractivity contribution in [3.63, 3.8) is 0 Å². The molecule has 2 N–H and O–H groups in total. The zero-order valence-corrected chi connectivity index (χ0v) is 23.6. The van der Waals surface area contributed by atoms with Crippen LogP contribution in [0.5, 0.6) is 0 Å². The summed E-state index contributed by atoms with van der Waals surface area (Å²) in [7, 11) is 0. The molecular formula is C30H29FN6O6. The number of benzene rings is 3. The smallest absolute Gasteiger partial charge is 0.277 e. The van der Waals surface area contributed by atoms with E-state index >= 15 is 0 Å². The lowest BCUT2D eigenvalue weighted by Gasteiger charge is -2.19. The average molecular weight is 589 g/mol. The van der Waals surface area contributed by atoms with Gasteiger partial charge in [0.25, 0.3) is 23.2 Å². The Hall–Kier alpha value is -5.46. The molecule has 1 heterocycles. The zero-order valence-electron chi connectivity index (χ0n) is 23.6. The molecular weight excluding hydrogens is 559 g/mol. The maximum Gasteiger partial charge on any atom is 0.277 e. The number of amides is 2. The Kier molecular flexibility index (Phi) is 9.23. The van der Waals surface area contributed by atoms with Gasteiger partial charge in [0.15, 0.2) is 0 Å². The predicted octanol–water partition coefficient (Wildman–Crippen LogP) is 5.25. The minimum Gasteiger partial charge on any atom is -0.340 e. The highest BCUT2D eigenvalue weighted by Gasteiger charge is 2.25. The summed E-state index contributed by atoms with van der Waals surface area (Å²) in [5, 5.41) is 30.0. The Morgan fingerprint density at radius 3 is 2.23 bits per heavy atom. The first-order valence-electron chi connectivity index (χ1n) is 13.3. The number of fused-ring (bicyclic) bond motifs is 1. The lowest BCUT2D eigenvalue weighted by molar-refractivity contribution is -0.394. The Bertz CT molecular complexity index is 1700. The molecule has 0 unspecified atom stereocenters. The van der Waals surface area contributed by atoms with Gasteiger partial charge in [-0.3, -0.25) is 29.8 Å². The fourth-order valence-electron chi connectivity index (χ4n) is 4.72. The van der Waals surface area contributed by atoms with Crippen LogP contribution in [-0.4, -0.2) is 38.5 Å². The lowest BCUT2D eigenvalue weighted by atomic mass is 10.0. The number of hydrogen-bond donors (Lipinski definition) is 2. The van der Waals surface area contributed by atoms with E-state index in [-0.39, 0.29) is 23.7 Å². The predicted molar refractivity (Wildman–Crippen MR) is 158 cm³/mol. The van der Waals surface area contributed by atoms with E-state index in [9.17, 15) is 34.2 Å². The van der Waals surface area contributed by atoms with Crippen LogP contribution in [0.3, 0.4) is 0 Å². The van der Waals surface area contributed by atoms with Gasteiger partial charge in [-0.05, 0) is 43.0 Å². The second kappa shape index (κ2) is 13.0. The molecule has 12 nitrogen and oxygen atoms in total. The molecule has 4 aromatic rings. The first kappa shape index (κ1) is 30.5. The summed E-state index contributed by atoms with van der Waals surface area (Å²) in [6, 6.07) is 15.4. The van der Waals surface area contributed by atoms with E-state index in [1.807, 2.05) is 45.0 Å². The second-order valence-electron chi connectivity index (χ2n) is 10.4. The van der Waals surface area contributed by atoms with E-state index in [1.165, 1.54) is 18.3 Å². The summed E-state index contributed by atoms with van der Waals surface area (Å²) in [4.78, 5) is 46.8. The monoisotopic (exact) mass is 588 g/mol. The topological polar surface area (TPSA) is 162 Å². The molecule has 4 rings (SSSR count). The molecule has 2 amide bonds. The SMILES string of the molecule is Cc1c(/C=N\NC(=O)[C@@H](CC(C)C)NC(=O)c2cc([N+](=O)[O-])cc([N+](=O)[O-])c2)c2ccccc2n1Cc1ccc(F)cc1. The largest absolute Gasteiger partial charge is 0.340 e. The van der Waals surface area contributed by atoms with Crippen LogP contribution < -0.4 is 10.7 Å². The number of nitrogens with zero attached hydrogens (tertiary/aromatic N) is 4. The molecule has 0 bridgehead atoms. The maximum atomic E-state index is 13.4. The van der Waals surface area contributed by atoms with Crippen LogP contribution in [0.1, 0.15) is 47.4 Å². The molecule has 0 fully saturated rings. The number of nitro benzene ring substituents is 2. The van der Waals surface area contributed by atoms with Gasteiger partial charge in [-0.15, -0.1) is 0 Å². The van der Waals surface area contributed by atoms with Crippen molar-refractivity contribution in [2.75, 3.05) is 0 Å². The number of carbonyl (C=O) groups excluding carboxylic acids is 2. The summed E-state index contributed by atoms with van der Waals surface area (Å²) >= 11 is 0. The van der Waals surface area contributed by atoms with Crippen LogP contribution in [0.15, 0.2) is 71.8 Å². The van der Waals surface area contributed by atoms with Crippen LogP contribution in [0.4, 0.5) is 15.8 Å². The van der Waals surface area contributed by atoms with Crippen LogP contribution in [0.25, 0.3) is 10.9 Å². The van der Waals surface area contributed by atoms with Gasteiger partial charge in [-0.25, -0.2) is 9.82 Å².